The molecule has 0 aliphatic heterocycles. The Bertz CT molecular complexity index is 1070. The Hall–Kier alpha value is -2.87. The summed E-state index contributed by atoms with van der Waals surface area (Å²) in [4.78, 5) is 0. The van der Waals surface area contributed by atoms with Gasteiger partial charge in [0.1, 0.15) is 0 Å². The smallest absolute Gasteiger partial charge is 0.0882 e. The quantitative estimate of drug-likeness (QED) is 0.258. The van der Waals surface area contributed by atoms with E-state index in [4.69, 9.17) is 0 Å². The van der Waals surface area contributed by atoms with Crippen LogP contribution in [0.3, 0.4) is 0 Å². The minimum Gasteiger partial charge on any atom is -0.0882 e. The topological polar surface area (TPSA) is 0 Å². The van der Waals surface area contributed by atoms with E-state index in [1.807, 2.05) is 0 Å². The second-order valence-corrected chi connectivity index (χ2v) is 8.68. The molecule has 0 bridgehead atoms. The third-order valence-corrected chi connectivity index (χ3v) is 6.88. The van der Waals surface area contributed by atoms with Crippen LogP contribution in [0.1, 0.15) is 48.8 Å². The van der Waals surface area contributed by atoms with Gasteiger partial charge in [0, 0.05) is 0 Å². The Morgan fingerprint density at radius 1 is 0.545 bits per heavy atom. The summed E-state index contributed by atoms with van der Waals surface area (Å²) >= 11 is 0. The fourth-order valence-electron chi connectivity index (χ4n) is 5.52. The van der Waals surface area contributed by atoms with Gasteiger partial charge in [-0.3, -0.25) is 0 Å². The van der Waals surface area contributed by atoms with Crippen molar-refractivity contribution in [2.45, 2.75) is 37.5 Å². The van der Waals surface area contributed by atoms with Crippen LogP contribution in [-0.4, -0.2) is 0 Å². The Balaban J connectivity index is 0.00000259. The molecule has 1 heteroatoms. The summed E-state index contributed by atoms with van der Waals surface area (Å²) in [7, 11) is 0. The molecule has 0 unspecified atom stereocenters. The molecule has 0 atom stereocenters. The van der Waals surface area contributed by atoms with Gasteiger partial charge < -0.3 is 0 Å². The second kappa shape index (κ2) is 10.8. The Labute approximate surface area is 208 Å². The minimum atomic E-state index is -0.312. The van der Waals surface area contributed by atoms with Gasteiger partial charge in [0.2, 0.25) is 0 Å². The number of hydrogen-bond donors (Lipinski definition) is 0. The summed E-state index contributed by atoms with van der Waals surface area (Å²) < 4.78 is 0. The van der Waals surface area contributed by atoms with Gasteiger partial charge in [0.05, 0.1) is 5.41 Å². The zero-order chi connectivity index (χ0) is 21.6. The molecule has 2 aliphatic rings. The predicted molar refractivity (Wildman–Crippen MR) is 136 cm³/mol. The second-order valence-electron chi connectivity index (χ2n) is 8.68. The van der Waals surface area contributed by atoms with Crippen molar-refractivity contribution in [1.29, 1.82) is 0 Å². The average Bonchev–Trinajstić information content (AvgIpc) is 3.38. The summed E-state index contributed by atoms with van der Waals surface area (Å²) in [6, 6.07) is 33.4. The van der Waals surface area contributed by atoms with E-state index in [1.54, 1.807) is 11.1 Å². The standard InChI is InChI=1S/C32H30.Co/c1-2-13-25-31(30(24-12-1)26-16-14-15-17-26)32(27-18-6-3-7-19-27,28-20-8-4-9-21-28)29-22-10-5-11-23-29;/h1-11,14-16,18-23H,12-13,17,24-25H2;/q;+2/b2-1-,31-30-;. The van der Waals surface area contributed by atoms with E-state index in [0.717, 1.165) is 32.1 Å². The van der Waals surface area contributed by atoms with E-state index in [9.17, 15) is 0 Å². The van der Waals surface area contributed by atoms with Crippen molar-refractivity contribution in [3.63, 3.8) is 0 Å². The number of allylic oxidation sites excluding steroid dienone is 8. The Morgan fingerprint density at radius 3 is 1.48 bits per heavy atom. The minimum absolute atomic E-state index is 0. The number of hydrogen-bond acceptors (Lipinski definition) is 0. The number of rotatable bonds is 5. The maximum atomic E-state index is 2.38. The van der Waals surface area contributed by atoms with E-state index >= 15 is 0 Å². The summed E-state index contributed by atoms with van der Waals surface area (Å²) in [5.74, 6) is 0. The normalized spacial score (nSPS) is 19.2. The van der Waals surface area contributed by atoms with Crippen LogP contribution in [0.4, 0.5) is 0 Å². The summed E-state index contributed by atoms with van der Waals surface area (Å²) in [5, 5.41) is 0. The van der Waals surface area contributed by atoms with Crippen molar-refractivity contribution in [2.75, 3.05) is 0 Å². The molecule has 0 saturated heterocycles. The van der Waals surface area contributed by atoms with Crippen LogP contribution in [0, 0.1) is 0 Å². The van der Waals surface area contributed by atoms with Crippen molar-refractivity contribution in [3.05, 3.63) is 155 Å². The van der Waals surface area contributed by atoms with Crippen LogP contribution in [0.15, 0.2) is 138 Å². The number of benzene rings is 3. The molecule has 33 heavy (non-hydrogen) atoms. The monoisotopic (exact) mass is 473 g/mol. The summed E-state index contributed by atoms with van der Waals surface area (Å²) in [6.45, 7) is 0. The molecule has 0 amide bonds. The molecule has 3 aromatic rings. The Kier molecular flexibility index (Phi) is 7.64. The maximum Gasteiger partial charge on any atom is 2.00 e. The molecule has 2 aliphatic carbocycles. The van der Waals surface area contributed by atoms with Crippen LogP contribution >= 0.6 is 0 Å². The first-order valence-corrected chi connectivity index (χ1v) is 11.8. The van der Waals surface area contributed by atoms with Crippen molar-refractivity contribution in [1.82, 2.24) is 0 Å². The van der Waals surface area contributed by atoms with Gasteiger partial charge in [-0.25, -0.2) is 0 Å². The fraction of sp³-hybridized carbons (Fsp3) is 0.188. The van der Waals surface area contributed by atoms with Gasteiger partial charge in [0.15, 0.2) is 0 Å². The first-order chi connectivity index (χ1) is 15.9. The van der Waals surface area contributed by atoms with E-state index < -0.39 is 0 Å². The summed E-state index contributed by atoms with van der Waals surface area (Å²) in [5.41, 5.74) is 8.33. The molecule has 5 rings (SSSR count). The van der Waals surface area contributed by atoms with Gasteiger partial charge in [-0.1, -0.05) is 121 Å². The van der Waals surface area contributed by atoms with Crippen LogP contribution in [0.2, 0.25) is 0 Å². The first-order valence-electron chi connectivity index (χ1n) is 11.8. The predicted octanol–water partition coefficient (Wildman–Crippen LogP) is 8.33. The van der Waals surface area contributed by atoms with Crippen LogP contribution in [-0.2, 0) is 22.2 Å². The molecule has 0 spiro atoms. The largest absolute Gasteiger partial charge is 2.00 e. The van der Waals surface area contributed by atoms with Crippen LogP contribution in [0.25, 0.3) is 0 Å². The molecule has 0 nitrogen and oxygen atoms in total. The molecule has 0 saturated carbocycles. The molecular weight excluding hydrogens is 443 g/mol. The maximum absolute atomic E-state index is 2.38. The van der Waals surface area contributed by atoms with Gasteiger partial charge in [0.25, 0.3) is 0 Å². The van der Waals surface area contributed by atoms with Gasteiger partial charge >= 0.3 is 16.8 Å². The first kappa shape index (κ1) is 23.3. The molecule has 165 valence electrons. The molecule has 1 radical (unpaired) electrons. The third kappa shape index (κ3) is 4.49. The Morgan fingerprint density at radius 2 is 1.03 bits per heavy atom. The molecule has 0 fully saturated rings. The van der Waals surface area contributed by atoms with Crippen molar-refractivity contribution in [3.8, 4) is 0 Å². The van der Waals surface area contributed by atoms with E-state index in [2.05, 4.69) is 121 Å². The van der Waals surface area contributed by atoms with Crippen molar-refractivity contribution >= 4 is 0 Å². The van der Waals surface area contributed by atoms with Crippen molar-refractivity contribution < 1.29 is 16.8 Å². The van der Waals surface area contributed by atoms with Gasteiger partial charge in [-0.2, -0.15) is 0 Å². The third-order valence-electron chi connectivity index (χ3n) is 6.88. The average molecular weight is 474 g/mol. The molecule has 0 N–H and O–H groups in total. The van der Waals surface area contributed by atoms with Crippen molar-refractivity contribution in [2.24, 2.45) is 0 Å². The van der Waals surface area contributed by atoms with Crippen LogP contribution in [0.5, 0.6) is 0 Å². The van der Waals surface area contributed by atoms with E-state index in [1.165, 1.54) is 22.3 Å². The van der Waals surface area contributed by atoms with Gasteiger partial charge in [-0.15, -0.1) is 0 Å². The van der Waals surface area contributed by atoms with E-state index in [0.29, 0.717) is 0 Å². The fourth-order valence-corrected chi connectivity index (χ4v) is 5.52. The van der Waals surface area contributed by atoms with E-state index in [-0.39, 0.29) is 22.2 Å². The zero-order valence-electron chi connectivity index (χ0n) is 18.9. The molecule has 0 aromatic heterocycles. The molecular formula is C32H30Co+2. The molecule has 3 aromatic carbocycles. The summed E-state index contributed by atoms with van der Waals surface area (Å²) in [6.07, 6.45) is 17.0. The molecule has 0 heterocycles. The zero-order valence-corrected chi connectivity index (χ0v) is 20.0. The SMILES string of the molecule is C1=CCC(/C2=C(\C(c3ccccc3)(c3ccccc3)c3ccccc3)CC/C=C\CC2)=C1.[Co+2]. The van der Waals surface area contributed by atoms with Crippen LogP contribution < -0.4 is 0 Å². The van der Waals surface area contributed by atoms with Gasteiger partial charge in [-0.05, 0) is 65.5 Å².